The Balaban J connectivity index is 1.30. The van der Waals surface area contributed by atoms with Gasteiger partial charge in [-0.3, -0.25) is 4.79 Å². The molecule has 0 spiro atoms. The number of hydrogen-bond donors (Lipinski definition) is 1. The summed E-state index contributed by atoms with van der Waals surface area (Å²) in [7, 11) is 0. The van der Waals surface area contributed by atoms with Gasteiger partial charge >= 0.3 is 0 Å². The van der Waals surface area contributed by atoms with Crippen LogP contribution in [0.15, 0.2) is 170 Å². The van der Waals surface area contributed by atoms with Crippen LogP contribution in [0.25, 0.3) is 22.6 Å². The number of halogens is 1. The molecule has 0 bridgehead atoms. The molecule has 9 nitrogen and oxygen atoms in total. The van der Waals surface area contributed by atoms with Crippen LogP contribution < -0.4 is 10.2 Å². The average Bonchev–Trinajstić information content (AvgIpc) is 3.76. The van der Waals surface area contributed by atoms with Gasteiger partial charge in [0.2, 0.25) is 11.9 Å². The molecule has 0 aliphatic carbocycles. The molecule has 0 saturated carbocycles. The number of nitrogens with one attached hydrogen (secondary N) is 1. The SMILES string of the molecule is Cc1ccc(CC(=O)Nc2cc(-c3ccccc3-c3nnnn3C(c3ccccc3)(c3ccccc3)c3ccccc3)nc(N(Cc3ccccc3)CC(C)C)n2)c(F)c1. The zero-order valence-corrected chi connectivity index (χ0v) is 33.8. The lowest BCUT2D eigenvalue weighted by atomic mass is 9.77. The van der Waals surface area contributed by atoms with E-state index in [-0.39, 0.29) is 18.2 Å². The number of anilines is 2. The smallest absolute Gasteiger partial charge is 0.230 e. The van der Waals surface area contributed by atoms with Crippen molar-refractivity contribution >= 4 is 17.7 Å². The summed E-state index contributed by atoms with van der Waals surface area (Å²) in [5.41, 5.74) is 6.09. The maximum atomic E-state index is 14.9. The first-order valence-electron chi connectivity index (χ1n) is 20.1. The van der Waals surface area contributed by atoms with E-state index >= 15 is 0 Å². The maximum absolute atomic E-state index is 14.9. The summed E-state index contributed by atoms with van der Waals surface area (Å²) >= 11 is 0. The second-order valence-corrected chi connectivity index (χ2v) is 15.3. The minimum absolute atomic E-state index is 0.160. The summed E-state index contributed by atoms with van der Waals surface area (Å²) in [5, 5.41) is 16.9. The Bertz CT molecular complexity index is 2590. The van der Waals surface area contributed by atoms with Gasteiger partial charge < -0.3 is 10.2 Å². The Labute approximate surface area is 349 Å². The lowest BCUT2D eigenvalue weighted by molar-refractivity contribution is -0.115. The predicted molar refractivity (Wildman–Crippen MR) is 235 cm³/mol. The van der Waals surface area contributed by atoms with Crippen LogP contribution in [0.3, 0.4) is 0 Å². The zero-order valence-electron chi connectivity index (χ0n) is 33.8. The van der Waals surface area contributed by atoms with Crippen LogP contribution in [0.1, 0.15) is 47.2 Å². The van der Waals surface area contributed by atoms with E-state index < -0.39 is 17.3 Å². The van der Waals surface area contributed by atoms with Crippen molar-refractivity contribution in [2.75, 3.05) is 16.8 Å². The molecule has 298 valence electrons. The molecule has 8 rings (SSSR count). The average molecular weight is 793 g/mol. The van der Waals surface area contributed by atoms with Gasteiger partial charge in [0, 0.05) is 30.3 Å². The van der Waals surface area contributed by atoms with Gasteiger partial charge in [0.1, 0.15) is 17.2 Å². The highest BCUT2D eigenvalue weighted by Gasteiger charge is 2.42. The van der Waals surface area contributed by atoms with Crippen molar-refractivity contribution in [3.8, 4) is 22.6 Å². The third-order valence-corrected chi connectivity index (χ3v) is 10.4. The number of nitrogens with zero attached hydrogens (tertiary/aromatic N) is 7. The van der Waals surface area contributed by atoms with E-state index in [0.717, 1.165) is 38.9 Å². The molecule has 60 heavy (non-hydrogen) atoms. The molecule has 8 aromatic rings. The van der Waals surface area contributed by atoms with Gasteiger partial charge in [-0.25, -0.2) is 14.1 Å². The molecule has 2 heterocycles. The van der Waals surface area contributed by atoms with Crippen LogP contribution in [0.4, 0.5) is 16.2 Å². The van der Waals surface area contributed by atoms with E-state index in [1.54, 1.807) is 18.2 Å². The van der Waals surface area contributed by atoms with E-state index in [4.69, 9.17) is 20.3 Å². The summed E-state index contributed by atoms with van der Waals surface area (Å²) in [5.74, 6) is 0.667. The van der Waals surface area contributed by atoms with Crippen LogP contribution in [0.2, 0.25) is 0 Å². The van der Waals surface area contributed by atoms with Crippen LogP contribution in [0, 0.1) is 18.7 Å². The number of aromatic nitrogens is 6. The number of carbonyl (C=O) groups excluding carboxylic acids is 1. The zero-order chi connectivity index (χ0) is 41.5. The van der Waals surface area contributed by atoms with Crippen LogP contribution in [-0.4, -0.2) is 42.6 Å². The van der Waals surface area contributed by atoms with Crippen molar-refractivity contribution in [1.29, 1.82) is 0 Å². The number of carbonyl (C=O) groups is 1. The number of amides is 1. The minimum atomic E-state index is -0.985. The minimum Gasteiger partial charge on any atom is -0.336 e. The highest BCUT2D eigenvalue weighted by Crippen LogP contribution is 2.43. The summed E-state index contributed by atoms with van der Waals surface area (Å²) in [6.45, 7) is 7.30. The molecule has 2 aromatic heterocycles. The highest BCUT2D eigenvalue weighted by molar-refractivity contribution is 5.92. The Hall–Kier alpha value is -7.33. The first kappa shape index (κ1) is 39.5. The fourth-order valence-corrected chi connectivity index (χ4v) is 7.78. The summed E-state index contributed by atoms with van der Waals surface area (Å²) in [4.78, 5) is 25.9. The Kier molecular flexibility index (Phi) is 11.6. The molecule has 0 atom stereocenters. The molecule has 1 N–H and O–H groups in total. The Morgan fingerprint density at radius 2 is 1.28 bits per heavy atom. The Morgan fingerprint density at radius 3 is 1.87 bits per heavy atom. The van der Waals surface area contributed by atoms with Gasteiger partial charge in [0.05, 0.1) is 12.1 Å². The molecular weight excluding hydrogens is 748 g/mol. The lowest BCUT2D eigenvalue weighted by Crippen LogP contribution is -2.39. The number of hydrogen-bond acceptors (Lipinski definition) is 7. The van der Waals surface area contributed by atoms with E-state index in [9.17, 15) is 9.18 Å². The number of rotatable bonds is 14. The first-order chi connectivity index (χ1) is 29.3. The second-order valence-electron chi connectivity index (χ2n) is 15.3. The van der Waals surface area contributed by atoms with Crippen molar-refractivity contribution in [3.05, 3.63) is 209 Å². The van der Waals surface area contributed by atoms with E-state index in [0.29, 0.717) is 36.1 Å². The van der Waals surface area contributed by atoms with Gasteiger partial charge in [-0.05, 0) is 62.7 Å². The number of aryl methyl sites for hydroxylation is 1. The molecule has 0 fully saturated rings. The standard InChI is InChI=1S/C50H45FN8O/c1-35(2)33-58(34-37-18-8-4-9-19-37)49-52-45(32-46(54-49)53-47(60)31-38-29-28-36(3)30-44(38)51)42-26-16-17-27-43(42)48-55-56-57-59(48)50(39-20-10-5-11-21-39,40-22-12-6-13-23-40)41-24-14-7-15-25-41/h4-30,32,35H,31,33-34H2,1-3H3,(H,52,53,54,60). The van der Waals surface area contributed by atoms with E-state index in [1.807, 2.05) is 109 Å². The summed E-state index contributed by atoms with van der Waals surface area (Å²) in [6, 6.07) is 55.4. The van der Waals surface area contributed by atoms with Gasteiger partial charge in [-0.15, -0.1) is 5.10 Å². The topological polar surface area (TPSA) is 102 Å². The van der Waals surface area contributed by atoms with E-state index in [1.165, 1.54) is 6.07 Å². The molecule has 0 unspecified atom stereocenters. The second kappa shape index (κ2) is 17.7. The number of benzene rings is 6. The van der Waals surface area contributed by atoms with Gasteiger partial charge in [-0.2, -0.15) is 4.98 Å². The molecule has 1 amide bonds. The number of tetrazole rings is 1. The van der Waals surface area contributed by atoms with E-state index in [2.05, 4.69) is 77.8 Å². The lowest BCUT2D eigenvalue weighted by Gasteiger charge is -2.36. The fraction of sp³-hybridized carbons (Fsp3) is 0.160. The van der Waals surface area contributed by atoms with Crippen molar-refractivity contribution in [1.82, 2.24) is 30.2 Å². The van der Waals surface area contributed by atoms with Crippen molar-refractivity contribution in [3.63, 3.8) is 0 Å². The molecule has 10 heteroatoms. The van der Waals surface area contributed by atoms with Crippen LogP contribution >= 0.6 is 0 Å². The van der Waals surface area contributed by atoms with Crippen LogP contribution in [-0.2, 0) is 23.3 Å². The molecule has 0 aliphatic heterocycles. The summed E-state index contributed by atoms with van der Waals surface area (Å²) in [6.07, 6.45) is -0.160. The molecular formula is C50H45FN8O. The quantitative estimate of drug-likeness (QED) is 0.109. The third kappa shape index (κ3) is 8.31. The van der Waals surface area contributed by atoms with Gasteiger partial charge in [0.15, 0.2) is 5.82 Å². The summed E-state index contributed by atoms with van der Waals surface area (Å²) < 4.78 is 16.8. The Morgan fingerprint density at radius 1 is 0.717 bits per heavy atom. The predicted octanol–water partition coefficient (Wildman–Crippen LogP) is 9.93. The monoisotopic (exact) mass is 792 g/mol. The van der Waals surface area contributed by atoms with Crippen LogP contribution in [0.5, 0.6) is 0 Å². The molecule has 6 aromatic carbocycles. The third-order valence-electron chi connectivity index (χ3n) is 10.4. The van der Waals surface area contributed by atoms with Crippen molar-refractivity contribution < 1.29 is 9.18 Å². The molecule has 0 radical (unpaired) electrons. The normalized spacial score (nSPS) is 11.4. The highest BCUT2D eigenvalue weighted by atomic mass is 19.1. The molecule has 0 saturated heterocycles. The van der Waals surface area contributed by atoms with Crippen molar-refractivity contribution in [2.45, 2.75) is 39.3 Å². The molecule has 0 aliphatic rings. The van der Waals surface area contributed by atoms with Gasteiger partial charge in [-0.1, -0.05) is 172 Å². The largest absolute Gasteiger partial charge is 0.336 e. The van der Waals surface area contributed by atoms with Crippen molar-refractivity contribution in [2.24, 2.45) is 5.92 Å². The van der Waals surface area contributed by atoms with Gasteiger partial charge in [0.25, 0.3) is 0 Å². The fourth-order valence-electron chi connectivity index (χ4n) is 7.78. The first-order valence-corrected chi connectivity index (χ1v) is 20.1. The maximum Gasteiger partial charge on any atom is 0.230 e.